The zero-order valence-electron chi connectivity index (χ0n) is 16.8. The lowest BCUT2D eigenvalue weighted by Gasteiger charge is -2.12. The molecule has 0 unspecified atom stereocenters. The van der Waals surface area contributed by atoms with E-state index in [9.17, 15) is 8.42 Å². The van der Waals surface area contributed by atoms with Gasteiger partial charge in [0.2, 0.25) is 10.0 Å². The van der Waals surface area contributed by atoms with Crippen LogP contribution in [0.5, 0.6) is 5.75 Å². The molecule has 0 bridgehead atoms. The Morgan fingerprint density at radius 2 is 1.86 bits per heavy atom. The Morgan fingerprint density at radius 1 is 1.14 bits per heavy atom. The van der Waals surface area contributed by atoms with Gasteiger partial charge < -0.3 is 15.4 Å². The van der Waals surface area contributed by atoms with Crippen LogP contribution in [0.25, 0.3) is 0 Å². The molecular weight excluding hydrogens is 412 g/mol. The number of hydrogen-bond donors (Lipinski definition) is 3. The van der Waals surface area contributed by atoms with Gasteiger partial charge in [0.1, 0.15) is 5.75 Å². The molecule has 0 heterocycles. The quantitative estimate of drug-likeness (QED) is 0.413. The SMILES string of the molecule is CCNC(=NCc1ccc(S(=O)(=O)NC)cc1)NCCc1ccc(OC)cc1Cl. The Kier molecular flexibility index (Phi) is 8.75. The van der Waals surface area contributed by atoms with Crippen LogP contribution in [0.3, 0.4) is 0 Å². The van der Waals surface area contributed by atoms with Crippen LogP contribution in [0, 0.1) is 0 Å². The van der Waals surface area contributed by atoms with Gasteiger partial charge in [-0.1, -0.05) is 29.8 Å². The number of hydrogen-bond acceptors (Lipinski definition) is 4. The molecule has 29 heavy (non-hydrogen) atoms. The van der Waals surface area contributed by atoms with Gasteiger partial charge in [-0.3, -0.25) is 0 Å². The molecule has 0 aromatic heterocycles. The van der Waals surface area contributed by atoms with Crippen molar-refractivity contribution in [3.05, 3.63) is 58.6 Å². The van der Waals surface area contributed by atoms with Gasteiger partial charge in [0.25, 0.3) is 0 Å². The highest BCUT2D eigenvalue weighted by Gasteiger charge is 2.10. The van der Waals surface area contributed by atoms with Crippen molar-refractivity contribution >= 4 is 27.6 Å². The van der Waals surface area contributed by atoms with Crippen molar-refractivity contribution in [3.8, 4) is 5.75 Å². The Balaban J connectivity index is 1.96. The monoisotopic (exact) mass is 438 g/mol. The van der Waals surface area contributed by atoms with E-state index in [2.05, 4.69) is 20.3 Å². The van der Waals surface area contributed by atoms with Gasteiger partial charge in [-0.2, -0.15) is 0 Å². The molecule has 0 aliphatic heterocycles. The minimum atomic E-state index is -3.43. The molecular formula is C20H27ClN4O3S. The second-order valence-electron chi connectivity index (χ2n) is 6.18. The molecule has 2 aromatic carbocycles. The van der Waals surface area contributed by atoms with Crippen molar-refractivity contribution in [1.82, 2.24) is 15.4 Å². The van der Waals surface area contributed by atoms with Crippen LogP contribution < -0.4 is 20.1 Å². The third-order valence-corrected chi connectivity index (χ3v) is 6.00. The summed E-state index contributed by atoms with van der Waals surface area (Å²) < 4.78 is 31.0. The standard InChI is InChI=1S/C20H27ClN4O3S/c1-4-23-20(24-12-11-16-7-8-17(28-3)13-19(16)21)25-14-15-5-9-18(10-6-15)29(26,27)22-2/h5-10,13,22H,4,11-12,14H2,1-3H3,(H2,23,24,25). The fourth-order valence-electron chi connectivity index (χ4n) is 2.58. The Morgan fingerprint density at radius 3 is 2.45 bits per heavy atom. The average Bonchev–Trinajstić information content (AvgIpc) is 2.73. The third-order valence-electron chi connectivity index (χ3n) is 4.21. The van der Waals surface area contributed by atoms with Gasteiger partial charge in [-0.05, 0) is 55.8 Å². The maximum absolute atomic E-state index is 11.8. The van der Waals surface area contributed by atoms with Crippen LogP contribution in [0.1, 0.15) is 18.1 Å². The lowest BCUT2D eigenvalue weighted by molar-refractivity contribution is 0.414. The van der Waals surface area contributed by atoms with Crippen LogP contribution in [-0.4, -0.2) is 41.6 Å². The largest absolute Gasteiger partial charge is 0.497 e. The van der Waals surface area contributed by atoms with E-state index < -0.39 is 10.0 Å². The topological polar surface area (TPSA) is 91.8 Å². The minimum absolute atomic E-state index is 0.231. The summed E-state index contributed by atoms with van der Waals surface area (Å²) in [7, 11) is -0.430. The molecule has 0 saturated carbocycles. The number of aliphatic imine (C=N–C) groups is 1. The molecule has 2 rings (SSSR count). The van der Waals surface area contributed by atoms with E-state index in [0.717, 1.165) is 29.8 Å². The van der Waals surface area contributed by atoms with Gasteiger partial charge in [0.05, 0.1) is 18.6 Å². The molecule has 0 aliphatic carbocycles. The van der Waals surface area contributed by atoms with E-state index in [1.54, 1.807) is 37.4 Å². The molecule has 0 aliphatic rings. The molecule has 7 nitrogen and oxygen atoms in total. The Bertz CT molecular complexity index is 931. The van der Waals surface area contributed by atoms with E-state index in [-0.39, 0.29) is 4.90 Å². The van der Waals surface area contributed by atoms with Crippen molar-refractivity contribution in [2.75, 3.05) is 27.2 Å². The lowest BCUT2D eigenvalue weighted by atomic mass is 10.1. The molecule has 0 spiro atoms. The molecule has 9 heteroatoms. The van der Waals surface area contributed by atoms with Crippen molar-refractivity contribution in [2.24, 2.45) is 4.99 Å². The van der Waals surface area contributed by atoms with E-state index in [4.69, 9.17) is 16.3 Å². The summed E-state index contributed by atoms with van der Waals surface area (Å²) in [6.07, 6.45) is 0.740. The average molecular weight is 439 g/mol. The summed E-state index contributed by atoms with van der Waals surface area (Å²) in [6.45, 7) is 3.82. The van der Waals surface area contributed by atoms with Crippen LogP contribution in [0.2, 0.25) is 5.02 Å². The third kappa shape index (κ3) is 6.92. The number of benzene rings is 2. The van der Waals surface area contributed by atoms with E-state index in [0.29, 0.717) is 24.1 Å². The fourth-order valence-corrected chi connectivity index (χ4v) is 3.57. The Labute approximate surface area is 177 Å². The summed E-state index contributed by atoms with van der Waals surface area (Å²) in [5, 5.41) is 7.15. The second kappa shape index (κ2) is 11.0. The molecule has 0 amide bonds. The first-order valence-corrected chi connectivity index (χ1v) is 11.1. The normalized spacial score (nSPS) is 11.9. The highest BCUT2D eigenvalue weighted by Crippen LogP contribution is 2.22. The van der Waals surface area contributed by atoms with Gasteiger partial charge in [0, 0.05) is 18.1 Å². The van der Waals surface area contributed by atoms with Gasteiger partial charge in [-0.15, -0.1) is 0 Å². The summed E-state index contributed by atoms with van der Waals surface area (Å²) >= 11 is 6.28. The summed E-state index contributed by atoms with van der Waals surface area (Å²) in [6, 6.07) is 12.3. The zero-order valence-corrected chi connectivity index (χ0v) is 18.4. The van der Waals surface area contributed by atoms with Gasteiger partial charge in [0.15, 0.2) is 5.96 Å². The Hall–Kier alpha value is -2.29. The first kappa shape index (κ1) is 23.0. The van der Waals surface area contributed by atoms with E-state index >= 15 is 0 Å². The van der Waals surface area contributed by atoms with E-state index in [1.807, 2.05) is 19.1 Å². The fraction of sp³-hybridized carbons (Fsp3) is 0.350. The summed E-state index contributed by atoms with van der Waals surface area (Å²) in [5.41, 5.74) is 1.94. The number of halogens is 1. The molecule has 158 valence electrons. The van der Waals surface area contributed by atoms with Crippen molar-refractivity contribution in [1.29, 1.82) is 0 Å². The molecule has 0 radical (unpaired) electrons. The predicted octanol–water partition coefficient (Wildman–Crippen LogP) is 2.55. The summed E-state index contributed by atoms with van der Waals surface area (Å²) in [4.78, 5) is 4.78. The second-order valence-corrected chi connectivity index (χ2v) is 8.47. The maximum Gasteiger partial charge on any atom is 0.240 e. The number of ether oxygens (including phenoxy) is 1. The van der Waals surface area contributed by atoms with Crippen molar-refractivity contribution in [2.45, 2.75) is 24.8 Å². The van der Waals surface area contributed by atoms with Crippen LogP contribution in [0.15, 0.2) is 52.4 Å². The van der Waals surface area contributed by atoms with Gasteiger partial charge in [-0.25, -0.2) is 18.1 Å². The number of methoxy groups -OCH3 is 1. The highest BCUT2D eigenvalue weighted by molar-refractivity contribution is 7.89. The number of nitrogens with zero attached hydrogens (tertiary/aromatic N) is 1. The molecule has 0 saturated heterocycles. The van der Waals surface area contributed by atoms with Gasteiger partial charge >= 0.3 is 0 Å². The first-order chi connectivity index (χ1) is 13.9. The predicted molar refractivity (Wildman–Crippen MR) is 117 cm³/mol. The van der Waals surface area contributed by atoms with Crippen molar-refractivity contribution in [3.63, 3.8) is 0 Å². The minimum Gasteiger partial charge on any atom is -0.497 e. The molecule has 3 N–H and O–H groups in total. The van der Waals surface area contributed by atoms with Crippen LogP contribution in [0.4, 0.5) is 0 Å². The number of rotatable bonds is 9. The maximum atomic E-state index is 11.8. The van der Waals surface area contributed by atoms with Crippen LogP contribution >= 0.6 is 11.6 Å². The number of sulfonamides is 1. The van der Waals surface area contributed by atoms with E-state index in [1.165, 1.54) is 7.05 Å². The summed E-state index contributed by atoms with van der Waals surface area (Å²) in [5.74, 6) is 1.42. The van der Waals surface area contributed by atoms with Crippen molar-refractivity contribution < 1.29 is 13.2 Å². The van der Waals surface area contributed by atoms with Crippen LogP contribution in [-0.2, 0) is 23.0 Å². The highest BCUT2D eigenvalue weighted by atomic mass is 35.5. The number of guanidine groups is 1. The smallest absolute Gasteiger partial charge is 0.240 e. The molecule has 0 fully saturated rings. The lowest BCUT2D eigenvalue weighted by Crippen LogP contribution is -2.38. The number of nitrogens with one attached hydrogen (secondary N) is 3. The molecule has 0 atom stereocenters. The molecule has 2 aromatic rings. The first-order valence-electron chi connectivity index (χ1n) is 9.26. The zero-order chi connectivity index (χ0) is 21.3.